The van der Waals surface area contributed by atoms with Crippen molar-refractivity contribution >= 4 is 44.8 Å². The number of aliphatic hydroxyl groups excluding tert-OH is 2. The van der Waals surface area contributed by atoms with Gasteiger partial charge in [-0.25, -0.2) is 15.1 Å². The second-order valence-electron chi connectivity index (χ2n) is 9.03. The molecule has 14 heteroatoms. The summed E-state index contributed by atoms with van der Waals surface area (Å²) in [6.07, 6.45) is 0.206. The Morgan fingerprint density at radius 3 is 2.76 bits per heavy atom. The van der Waals surface area contributed by atoms with Gasteiger partial charge < -0.3 is 21.3 Å². The van der Waals surface area contributed by atoms with Crippen LogP contribution in [0.25, 0.3) is 0 Å². The lowest BCUT2D eigenvalue weighted by Crippen LogP contribution is -2.36. The van der Waals surface area contributed by atoms with E-state index >= 15 is 0 Å². The van der Waals surface area contributed by atoms with E-state index in [1.165, 1.54) is 23.9 Å². The molecular weight excluding hydrogens is 542 g/mol. The van der Waals surface area contributed by atoms with Gasteiger partial charge in [-0.1, -0.05) is 23.7 Å². The summed E-state index contributed by atoms with van der Waals surface area (Å²) >= 11 is 7.35. The van der Waals surface area contributed by atoms with Gasteiger partial charge in [-0.2, -0.15) is 8.42 Å². The van der Waals surface area contributed by atoms with E-state index in [1.54, 1.807) is 29.6 Å². The van der Waals surface area contributed by atoms with Gasteiger partial charge >= 0.3 is 10.3 Å². The van der Waals surface area contributed by atoms with E-state index in [-0.39, 0.29) is 23.6 Å². The maximum Gasteiger partial charge on any atom is 0.333 e. The molecular formula is C23H26ClN5O6S2. The second kappa shape index (κ2) is 10.7. The van der Waals surface area contributed by atoms with Crippen LogP contribution in [0.5, 0.6) is 0 Å². The Labute approximate surface area is 222 Å². The molecule has 1 saturated carbocycles. The van der Waals surface area contributed by atoms with Crippen LogP contribution in [0, 0.1) is 5.92 Å². The first-order valence-corrected chi connectivity index (χ1v) is 13.9. The Morgan fingerprint density at radius 1 is 1.30 bits per heavy atom. The van der Waals surface area contributed by atoms with Crippen LogP contribution >= 0.6 is 22.9 Å². The predicted octanol–water partition coefficient (Wildman–Crippen LogP) is 1.39. The number of carbonyl (C=O) groups is 1. The third kappa shape index (κ3) is 6.16. The number of rotatable bonds is 9. The van der Waals surface area contributed by atoms with Gasteiger partial charge in [0.05, 0.1) is 34.7 Å². The number of carbonyl (C=O) groups excluding carboxylic acids is 1. The number of ketones is 1. The van der Waals surface area contributed by atoms with Crippen molar-refractivity contribution in [2.24, 2.45) is 16.8 Å². The Bertz CT molecular complexity index is 1400. The van der Waals surface area contributed by atoms with Crippen LogP contribution in [-0.4, -0.2) is 59.2 Å². The van der Waals surface area contributed by atoms with E-state index in [0.717, 1.165) is 11.1 Å². The summed E-state index contributed by atoms with van der Waals surface area (Å²) in [6, 6.07) is 8.17. The highest BCUT2D eigenvalue weighted by atomic mass is 35.5. The van der Waals surface area contributed by atoms with Gasteiger partial charge in [0.15, 0.2) is 0 Å². The van der Waals surface area contributed by atoms with Gasteiger partial charge in [0.25, 0.3) is 0 Å². The zero-order chi connectivity index (χ0) is 27.0. The van der Waals surface area contributed by atoms with Gasteiger partial charge in [0, 0.05) is 17.1 Å². The standard InChI is InChI=1S/C23H26ClN5O6S2/c1-23(25,13-3-2-4-15(24)6-13)14-7-18(36-10-14)20(31)16-8-27-11-28-22(16)29-17-5-12(19(30)21(17)32)9-35-37(26,33)34/h2-4,6-8,10-12,17,19,21,30,32H,5,9,25H2,1H3,(H2,26,33,34)(H,27,28,29)/t12?,17?,19?,21?,23-/m1/s1. The lowest BCUT2D eigenvalue weighted by Gasteiger charge is -2.24. The first-order chi connectivity index (χ1) is 17.4. The van der Waals surface area contributed by atoms with E-state index in [9.17, 15) is 23.4 Å². The lowest BCUT2D eigenvalue weighted by atomic mass is 9.87. The van der Waals surface area contributed by atoms with Crippen LogP contribution in [0.3, 0.4) is 0 Å². The van der Waals surface area contributed by atoms with Crippen LogP contribution < -0.4 is 16.2 Å². The highest BCUT2D eigenvalue weighted by Gasteiger charge is 2.42. The molecule has 1 aliphatic carbocycles. The zero-order valence-electron chi connectivity index (χ0n) is 19.6. The van der Waals surface area contributed by atoms with Gasteiger partial charge in [0.1, 0.15) is 18.2 Å². The maximum atomic E-state index is 13.4. The molecule has 0 amide bonds. The number of nitrogens with zero attached hydrogens (tertiary/aromatic N) is 2. The van der Waals surface area contributed by atoms with Gasteiger partial charge in [-0.15, -0.1) is 11.3 Å². The van der Waals surface area contributed by atoms with E-state index in [1.807, 2.05) is 13.0 Å². The number of benzene rings is 1. The first-order valence-electron chi connectivity index (χ1n) is 11.2. The molecule has 5 atom stereocenters. The molecule has 2 heterocycles. The minimum atomic E-state index is -4.20. The Morgan fingerprint density at radius 2 is 2.05 bits per heavy atom. The summed E-state index contributed by atoms with van der Waals surface area (Å²) in [5.41, 5.74) is 7.38. The van der Waals surface area contributed by atoms with Crippen LogP contribution in [0.15, 0.2) is 48.2 Å². The number of anilines is 1. The molecule has 1 aromatic carbocycles. The average molecular weight is 568 g/mol. The summed E-state index contributed by atoms with van der Waals surface area (Å²) in [5, 5.41) is 31.0. The number of nitrogens with one attached hydrogen (secondary N) is 1. The highest BCUT2D eigenvalue weighted by molar-refractivity contribution is 7.84. The number of halogens is 1. The van der Waals surface area contributed by atoms with Crippen molar-refractivity contribution in [2.45, 2.75) is 37.1 Å². The third-order valence-electron chi connectivity index (χ3n) is 6.37. The molecule has 11 nitrogen and oxygen atoms in total. The Kier molecular flexibility index (Phi) is 7.97. The minimum Gasteiger partial charge on any atom is -0.390 e. The molecule has 37 heavy (non-hydrogen) atoms. The summed E-state index contributed by atoms with van der Waals surface area (Å²) < 4.78 is 26.8. The van der Waals surface area contributed by atoms with Gasteiger partial charge in [-0.05, 0) is 48.1 Å². The van der Waals surface area contributed by atoms with Crippen LogP contribution in [-0.2, 0) is 20.0 Å². The van der Waals surface area contributed by atoms with Crippen molar-refractivity contribution in [3.63, 3.8) is 0 Å². The third-order valence-corrected chi connectivity index (χ3v) is 8.00. The lowest BCUT2D eigenvalue weighted by molar-refractivity contribution is 0.00778. The molecule has 0 radical (unpaired) electrons. The maximum absolute atomic E-state index is 13.4. The van der Waals surface area contributed by atoms with E-state index < -0.39 is 46.6 Å². The average Bonchev–Trinajstić information content (AvgIpc) is 3.44. The van der Waals surface area contributed by atoms with Crippen molar-refractivity contribution < 1.29 is 27.6 Å². The summed E-state index contributed by atoms with van der Waals surface area (Å²) in [6.45, 7) is 1.43. The van der Waals surface area contributed by atoms with Crippen molar-refractivity contribution in [1.82, 2.24) is 9.97 Å². The highest BCUT2D eigenvalue weighted by Crippen LogP contribution is 2.34. The number of nitrogens with two attached hydrogens (primary N) is 2. The fourth-order valence-corrected chi connectivity index (χ4v) is 5.77. The number of aliphatic hydroxyl groups is 2. The Hall–Kier alpha value is -2.49. The predicted molar refractivity (Wildman–Crippen MR) is 138 cm³/mol. The Balaban J connectivity index is 1.53. The number of thiophene rings is 1. The largest absolute Gasteiger partial charge is 0.390 e. The van der Waals surface area contributed by atoms with Gasteiger partial charge in [0.2, 0.25) is 5.78 Å². The smallest absolute Gasteiger partial charge is 0.333 e. The van der Waals surface area contributed by atoms with E-state index in [4.69, 9.17) is 22.5 Å². The molecule has 0 spiro atoms. The van der Waals surface area contributed by atoms with Crippen molar-refractivity contribution in [2.75, 3.05) is 11.9 Å². The van der Waals surface area contributed by atoms with Crippen molar-refractivity contribution in [3.8, 4) is 0 Å². The molecule has 3 aromatic rings. The molecule has 1 aliphatic rings. The molecule has 0 aliphatic heterocycles. The molecule has 1 fully saturated rings. The quantitative estimate of drug-likeness (QED) is 0.236. The molecule has 4 rings (SSSR count). The van der Waals surface area contributed by atoms with Gasteiger partial charge in [-0.3, -0.25) is 8.98 Å². The monoisotopic (exact) mass is 567 g/mol. The topological polar surface area (TPSA) is 191 Å². The van der Waals surface area contributed by atoms with Crippen molar-refractivity contribution in [1.29, 1.82) is 0 Å². The number of hydrogen-bond donors (Lipinski definition) is 5. The molecule has 0 saturated heterocycles. The van der Waals surface area contributed by atoms with Crippen molar-refractivity contribution in [3.05, 3.63) is 74.8 Å². The second-order valence-corrected chi connectivity index (χ2v) is 11.6. The molecule has 4 unspecified atom stereocenters. The molecule has 198 valence electrons. The fraction of sp³-hybridized carbons (Fsp3) is 0.348. The zero-order valence-corrected chi connectivity index (χ0v) is 22.0. The van der Waals surface area contributed by atoms with Crippen LogP contribution in [0.1, 0.15) is 39.7 Å². The normalized spacial score (nSPS) is 23.5. The summed E-state index contributed by atoms with van der Waals surface area (Å²) in [5.74, 6) is -0.909. The molecule has 7 N–H and O–H groups in total. The fourth-order valence-electron chi connectivity index (χ4n) is 4.24. The SMILES string of the molecule is C[C@@](N)(c1cccc(Cl)c1)c1csc(C(=O)c2cncnc2NC2CC(COS(N)(=O)=O)C(O)C2O)c1. The summed E-state index contributed by atoms with van der Waals surface area (Å²) in [4.78, 5) is 21.9. The molecule has 0 bridgehead atoms. The summed E-state index contributed by atoms with van der Waals surface area (Å²) in [7, 11) is -4.20. The van der Waals surface area contributed by atoms with E-state index in [0.29, 0.717) is 9.90 Å². The first kappa shape index (κ1) is 27.5. The number of hydrogen-bond acceptors (Lipinski definition) is 11. The van der Waals surface area contributed by atoms with Crippen LogP contribution in [0.2, 0.25) is 5.02 Å². The minimum absolute atomic E-state index is 0.143. The molecule has 2 aromatic heterocycles. The number of aromatic nitrogens is 2. The van der Waals surface area contributed by atoms with Crippen LogP contribution in [0.4, 0.5) is 5.82 Å². The van der Waals surface area contributed by atoms with E-state index in [2.05, 4.69) is 19.5 Å².